The van der Waals surface area contributed by atoms with Gasteiger partial charge in [-0.3, -0.25) is 4.79 Å². The van der Waals surface area contributed by atoms with E-state index < -0.39 is 6.17 Å². The minimum absolute atomic E-state index is 0.00281. The number of nitrogens with zero attached hydrogens (tertiary/aromatic N) is 2. The smallest absolute Gasteiger partial charge is 0.199 e. The van der Waals surface area contributed by atoms with Crippen molar-refractivity contribution >= 4 is 23.2 Å². The second-order valence-corrected chi connectivity index (χ2v) is 6.72. The molecule has 2 N–H and O–H groups in total. The van der Waals surface area contributed by atoms with E-state index in [1.165, 1.54) is 18.7 Å². The summed E-state index contributed by atoms with van der Waals surface area (Å²) in [5.41, 5.74) is 0.730. The van der Waals surface area contributed by atoms with E-state index >= 15 is 0 Å². The topological polar surface area (TPSA) is 70.7 Å². The van der Waals surface area contributed by atoms with Gasteiger partial charge in [-0.1, -0.05) is 31.9 Å². The molecule has 0 saturated heterocycles. The number of halogens is 2. The Morgan fingerprint density at radius 3 is 2.96 bits per heavy atom. The molecule has 24 heavy (non-hydrogen) atoms. The van der Waals surface area contributed by atoms with Gasteiger partial charge in [0.15, 0.2) is 5.78 Å². The molecule has 0 aliphatic heterocycles. The summed E-state index contributed by atoms with van der Waals surface area (Å²) >= 11 is 5.83. The van der Waals surface area contributed by atoms with Crippen molar-refractivity contribution in [3.05, 3.63) is 41.1 Å². The minimum atomic E-state index is -0.963. The summed E-state index contributed by atoms with van der Waals surface area (Å²) in [4.78, 5) is 23.5. The second kappa shape index (κ2) is 6.89. The molecule has 5 nitrogen and oxygen atoms in total. The van der Waals surface area contributed by atoms with Crippen LogP contribution in [0.3, 0.4) is 0 Å². The molecule has 1 aliphatic carbocycles. The summed E-state index contributed by atoms with van der Waals surface area (Å²) < 4.78 is 14.6. The van der Waals surface area contributed by atoms with Crippen LogP contribution >= 0.6 is 11.6 Å². The molecule has 0 bridgehead atoms. The first-order chi connectivity index (χ1) is 11.5. The summed E-state index contributed by atoms with van der Waals surface area (Å²) in [7, 11) is 0. The number of hydrogen-bond acceptors (Lipinski definition) is 4. The summed E-state index contributed by atoms with van der Waals surface area (Å²) in [6.45, 7) is 4.01. The van der Waals surface area contributed by atoms with E-state index in [4.69, 9.17) is 11.6 Å². The van der Waals surface area contributed by atoms with E-state index in [2.05, 4.69) is 27.2 Å². The zero-order valence-corrected chi connectivity index (χ0v) is 14.3. The molecule has 2 aromatic rings. The molecule has 0 spiro atoms. The molecule has 2 aromatic heterocycles. The lowest BCUT2D eigenvalue weighted by Gasteiger charge is -2.18. The summed E-state index contributed by atoms with van der Waals surface area (Å²) in [6.07, 6.45) is 5.04. The molecule has 0 aromatic carbocycles. The fraction of sp³-hybridized carbons (Fsp3) is 0.471. The molecule has 7 heteroatoms. The van der Waals surface area contributed by atoms with E-state index in [-0.39, 0.29) is 17.7 Å². The van der Waals surface area contributed by atoms with Gasteiger partial charge in [0.25, 0.3) is 0 Å². The maximum absolute atomic E-state index is 14.6. The number of ketones is 1. The normalized spacial score (nSPS) is 26.5. The van der Waals surface area contributed by atoms with Crippen LogP contribution in [-0.4, -0.2) is 32.9 Å². The predicted octanol–water partition coefficient (Wildman–Crippen LogP) is 3.87. The Labute approximate surface area is 145 Å². The van der Waals surface area contributed by atoms with Crippen LogP contribution in [0.1, 0.15) is 42.6 Å². The quantitative estimate of drug-likeness (QED) is 0.803. The van der Waals surface area contributed by atoms with Crippen LogP contribution in [0.25, 0.3) is 0 Å². The first kappa shape index (κ1) is 16.9. The molecule has 0 radical (unpaired) electrons. The Kier molecular flexibility index (Phi) is 4.85. The van der Waals surface area contributed by atoms with Gasteiger partial charge in [0.05, 0.1) is 11.6 Å². The van der Waals surface area contributed by atoms with Crippen LogP contribution in [0.2, 0.25) is 5.15 Å². The number of hydrogen-bond donors (Lipinski definition) is 2. The first-order valence-electron chi connectivity index (χ1n) is 8.10. The van der Waals surface area contributed by atoms with Crippen molar-refractivity contribution in [2.75, 3.05) is 5.32 Å². The zero-order valence-electron chi connectivity index (χ0n) is 13.6. The molecule has 0 unspecified atom stereocenters. The van der Waals surface area contributed by atoms with Crippen LogP contribution in [0.15, 0.2) is 24.8 Å². The third-order valence-electron chi connectivity index (χ3n) is 4.90. The van der Waals surface area contributed by atoms with E-state index in [1.54, 1.807) is 6.07 Å². The maximum Gasteiger partial charge on any atom is 0.199 e. The van der Waals surface area contributed by atoms with Crippen LogP contribution in [0.5, 0.6) is 0 Å². The number of aromatic amines is 1. The van der Waals surface area contributed by atoms with Gasteiger partial charge in [0.2, 0.25) is 0 Å². The molecule has 128 valence electrons. The highest BCUT2D eigenvalue weighted by Gasteiger charge is 2.40. The Bertz CT molecular complexity index is 735. The van der Waals surface area contributed by atoms with Crippen LogP contribution in [0.4, 0.5) is 10.2 Å². The average Bonchev–Trinajstić information content (AvgIpc) is 3.13. The van der Waals surface area contributed by atoms with E-state index in [0.29, 0.717) is 28.0 Å². The number of nitrogens with one attached hydrogen (secondary N) is 2. The predicted molar refractivity (Wildman–Crippen MR) is 91.1 cm³/mol. The number of alkyl halides is 1. The largest absolute Gasteiger partial charge is 0.364 e. The van der Waals surface area contributed by atoms with E-state index in [0.717, 1.165) is 12.8 Å². The zero-order chi connectivity index (χ0) is 17.3. The number of carbonyl (C=O) groups excluding carboxylic acids is 1. The van der Waals surface area contributed by atoms with Gasteiger partial charge in [-0.15, -0.1) is 0 Å². The Morgan fingerprint density at radius 2 is 2.33 bits per heavy atom. The average molecular weight is 351 g/mol. The SMILES string of the molecule is CC[C@H]1C[C@@H](Nc2ncncc2C(=O)c2c[nH]c(Cl)c2)[C@@H](F)[C@@H]1C. The molecule has 1 saturated carbocycles. The third-order valence-corrected chi connectivity index (χ3v) is 5.12. The lowest BCUT2D eigenvalue weighted by atomic mass is 9.95. The molecule has 4 atom stereocenters. The monoisotopic (exact) mass is 350 g/mol. The summed E-state index contributed by atoms with van der Waals surface area (Å²) in [5, 5.41) is 3.50. The fourth-order valence-corrected chi connectivity index (χ4v) is 3.59. The number of H-pyrrole nitrogens is 1. The molecule has 1 aliphatic rings. The van der Waals surface area contributed by atoms with Crippen molar-refractivity contribution in [1.29, 1.82) is 0 Å². The second-order valence-electron chi connectivity index (χ2n) is 6.31. The highest BCUT2D eigenvalue weighted by atomic mass is 35.5. The number of rotatable bonds is 5. The third kappa shape index (κ3) is 3.15. The standard InChI is InChI=1S/C17H20ClFN4O/c1-3-10-4-13(15(19)9(10)2)23-17-12(7-20-8-22-17)16(24)11-5-14(18)21-6-11/h5-10,13,15,21H,3-4H2,1-2H3,(H,20,22,23)/t9-,10+,13-,15+/m1/s1. The van der Waals surface area contributed by atoms with Gasteiger partial charge in [-0.2, -0.15) is 0 Å². The van der Waals surface area contributed by atoms with Crippen molar-refractivity contribution in [3.63, 3.8) is 0 Å². The lowest BCUT2D eigenvalue weighted by molar-refractivity contribution is 0.103. The van der Waals surface area contributed by atoms with Crippen molar-refractivity contribution in [2.24, 2.45) is 11.8 Å². The fourth-order valence-electron chi connectivity index (χ4n) is 3.41. The van der Waals surface area contributed by atoms with Crippen molar-refractivity contribution < 1.29 is 9.18 Å². The Hall–Kier alpha value is -1.95. The van der Waals surface area contributed by atoms with Gasteiger partial charge in [0.1, 0.15) is 23.5 Å². The lowest BCUT2D eigenvalue weighted by Crippen LogP contribution is -2.29. The molecular weight excluding hydrogens is 331 g/mol. The van der Waals surface area contributed by atoms with Gasteiger partial charge < -0.3 is 10.3 Å². The molecule has 0 amide bonds. The van der Waals surface area contributed by atoms with Crippen LogP contribution in [-0.2, 0) is 0 Å². The van der Waals surface area contributed by atoms with Crippen LogP contribution < -0.4 is 5.32 Å². The molecule has 1 fully saturated rings. The summed E-state index contributed by atoms with van der Waals surface area (Å²) in [6, 6.07) is 1.20. The van der Waals surface area contributed by atoms with Crippen molar-refractivity contribution in [3.8, 4) is 0 Å². The van der Waals surface area contributed by atoms with E-state index in [9.17, 15) is 9.18 Å². The van der Waals surface area contributed by atoms with Gasteiger partial charge >= 0.3 is 0 Å². The molecule has 3 rings (SSSR count). The number of anilines is 1. The highest BCUT2D eigenvalue weighted by molar-refractivity contribution is 6.30. The van der Waals surface area contributed by atoms with Gasteiger partial charge in [-0.25, -0.2) is 14.4 Å². The Morgan fingerprint density at radius 1 is 1.54 bits per heavy atom. The van der Waals surface area contributed by atoms with Crippen LogP contribution in [0, 0.1) is 11.8 Å². The van der Waals surface area contributed by atoms with Crippen molar-refractivity contribution in [1.82, 2.24) is 15.0 Å². The molecular formula is C17H20ClFN4O. The minimum Gasteiger partial charge on any atom is -0.364 e. The van der Waals surface area contributed by atoms with E-state index in [1.807, 2.05) is 6.92 Å². The van der Waals surface area contributed by atoms with Gasteiger partial charge in [0, 0.05) is 18.0 Å². The van der Waals surface area contributed by atoms with Gasteiger partial charge in [-0.05, 0) is 24.3 Å². The first-order valence-corrected chi connectivity index (χ1v) is 8.48. The van der Waals surface area contributed by atoms with Crippen molar-refractivity contribution in [2.45, 2.75) is 38.9 Å². The Balaban J connectivity index is 1.84. The highest BCUT2D eigenvalue weighted by Crippen LogP contribution is 2.38. The number of carbonyl (C=O) groups is 1. The summed E-state index contributed by atoms with van der Waals surface area (Å²) in [5.74, 6) is 0.442. The number of aromatic nitrogens is 3. The maximum atomic E-state index is 14.6. The molecule has 2 heterocycles.